The molecule has 0 saturated heterocycles. The zero-order chi connectivity index (χ0) is 17.5. The Morgan fingerprint density at radius 2 is 2.08 bits per heavy atom. The fourth-order valence-electron chi connectivity index (χ4n) is 2.93. The van der Waals surface area contributed by atoms with Crippen LogP contribution in [0, 0.1) is 17.7 Å². The lowest BCUT2D eigenvalue weighted by atomic mass is 9.78. The van der Waals surface area contributed by atoms with E-state index in [4.69, 9.17) is 12.2 Å². The Kier molecular flexibility index (Phi) is 6.73. The van der Waals surface area contributed by atoms with E-state index in [1.165, 1.54) is 31.1 Å². The summed E-state index contributed by atoms with van der Waals surface area (Å²) >= 11 is 5.23. The van der Waals surface area contributed by atoms with E-state index in [2.05, 4.69) is 30.0 Å². The molecule has 1 amide bonds. The van der Waals surface area contributed by atoms with Crippen LogP contribution in [0.1, 0.15) is 38.7 Å². The Morgan fingerprint density at radius 1 is 1.29 bits per heavy atom. The van der Waals surface area contributed by atoms with Crippen molar-refractivity contribution in [1.29, 1.82) is 0 Å². The molecule has 3 atom stereocenters. The van der Waals surface area contributed by atoms with Gasteiger partial charge in [0.15, 0.2) is 5.11 Å². The second-order valence-electron chi connectivity index (χ2n) is 6.35. The van der Waals surface area contributed by atoms with Gasteiger partial charge in [-0.1, -0.05) is 38.8 Å². The summed E-state index contributed by atoms with van der Waals surface area (Å²) in [5.41, 5.74) is 5.84. The number of hydrogen-bond acceptors (Lipinski definition) is 2. The SMILES string of the molecule is C[C@@H]1[C@H](C)CCC[C@H]1NC(=S)NNC(=O)/C=C/c1cccc(F)c1. The molecule has 4 nitrogen and oxygen atoms in total. The minimum Gasteiger partial charge on any atom is -0.358 e. The van der Waals surface area contributed by atoms with Gasteiger partial charge in [-0.25, -0.2) is 4.39 Å². The number of hydrazine groups is 1. The monoisotopic (exact) mass is 349 g/mol. The third-order valence-electron chi connectivity index (χ3n) is 4.60. The number of carbonyl (C=O) groups excluding carboxylic acids is 1. The van der Waals surface area contributed by atoms with Crippen molar-refractivity contribution in [2.24, 2.45) is 11.8 Å². The molecule has 0 aromatic heterocycles. The van der Waals surface area contributed by atoms with Gasteiger partial charge < -0.3 is 5.32 Å². The maximum atomic E-state index is 13.1. The summed E-state index contributed by atoms with van der Waals surface area (Å²) in [4.78, 5) is 11.8. The first-order valence-electron chi connectivity index (χ1n) is 8.26. The van der Waals surface area contributed by atoms with Crippen LogP contribution >= 0.6 is 12.2 Å². The molecule has 0 bridgehead atoms. The van der Waals surface area contributed by atoms with Crippen LogP contribution in [0.15, 0.2) is 30.3 Å². The molecule has 2 rings (SSSR count). The van der Waals surface area contributed by atoms with Gasteiger partial charge in [0.2, 0.25) is 0 Å². The first kappa shape index (κ1) is 18.4. The van der Waals surface area contributed by atoms with Crippen molar-refractivity contribution in [3.63, 3.8) is 0 Å². The second-order valence-corrected chi connectivity index (χ2v) is 6.76. The fourth-order valence-corrected chi connectivity index (χ4v) is 3.13. The van der Waals surface area contributed by atoms with Crippen molar-refractivity contribution in [2.75, 3.05) is 0 Å². The molecule has 6 heteroatoms. The highest BCUT2D eigenvalue weighted by molar-refractivity contribution is 7.80. The number of thiocarbonyl (C=S) groups is 1. The maximum Gasteiger partial charge on any atom is 0.262 e. The minimum atomic E-state index is -0.353. The topological polar surface area (TPSA) is 53.2 Å². The van der Waals surface area contributed by atoms with Crippen molar-refractivity contribution in [3.05, 3.63) is 41.7 Å². The Morgan fingerprint density at radius 3 is 2.83 bits per heavy atom. The van der Waals surface area contributed by atoms with Crippen LogP contribution in [0.3, 0.4) is 0 Å². The highest BCUT2D eigenvalue weighted by Crippen LogP contribution is 2.29. The molecule has 0 heterocycles. The quantitative estimate of drug-likeness (QED) is 0.446. The summed E-state index contributed by atoms with van der Waals surface area (Å²) in [7, 11) is 0. The minimum absolute atomic E-state index is 0.327. The molecule has 0 unspecified atom stereocenters. The molecule has 1 aromatic rings. The highest BCUT2D eigenvalue weighted by Gasteiger charge is 2.27. The molecule has 0 spiro atoms. The van der Waals surface area contributed by atoms with Crippen molar-refractivity contribution >= 4 is 29.3 Å². The number of hydrogen-bond donors (Lipinski definition) is 3. The molecule has 1 fully saturated rings. The summed E-state index contributed by atoms with van der Waals surface area (Å²) in [6, 6.07) is 6.35. The lowest BCUT2D eigenvalue weighted by molar-refractivity contribution is -0.116. The number of amides is 1. The van der Waals surface area contributed by atoms with Crippen molar-refractivity contribution < 1.29 is 9.18 Å². The number of benzene rings is 1. The first-order chi connectivity index (χ1) is 11.5. The standard InChI is InChI=1S/C18H24FN3OS/c1-12-5-3-8-16(13(12)2)20-18(24)22-21-17(23)10-9-14-6-4-7-15(19)11-14/h4,6-7,9-13,16H,3,5,8H2,1-2H3,(H,21,23)(H2,20,22,24)/b10-9+/t12-,13-,16-/m1/s1. The molecule has 130 valence electrons. The van der Waals surface area contributed by atoms with Crippen molar-refractivity contribution in [3.8, 4) is 0 Å². The van der Waals surface area contributed by atoms with Crippen molar-refractivity contribution in [2.45, 2.75) is 39.2 Å². The Bertz CT molecular complexity index is 620. The first-order valence-corrected chi connectivity index (χ1v) is 8.66. The summed E-state index contributed by atoms with van der Waals surface area (Å²) in [6.45, 7) is 4.48. The van der Waals surface area contributed by atoms with Crippen molar-refractivity contribution in [1.82, 2.24) is 16.2 Å². The van der Waals surface area contributed by atoms with Crippen LogP contribution in [0.25, 0.3) is 6.08 Å². The maximum absolute atomic E-state index is 13.1. The molecule has 24 heavy (non-hydrogen) atoms. The molecular weight excluding hydrogens is 325 g/mol. The molecule has 1 aliphatic rings. The van der Waals surface area contributed by atoms with E-state index in [-0.39, 0.29) is 11.7 Å². The van der Waals surface area contributed by atoms with Gasteiger partial charge in [-0.05, 0) is 54.2 Å². The largest absolute Gasteiger partial charge is 0.358 e. The van der Waals surface area contributed by atoms with Gasteiger partial charge in [0.05, 0.1) is 0 Å². The molecule has 0 radical (unpaired) electrons. The van der Waals surface area contributed by atoms with E-state index in [0.29, 0.717) is 28.6 Å². The third-order valence-corrected chi connectivity index (χ3v) is 4.82. The lowest BCUT2D eigenvalue weighted by Gasteiger charge is -2.35. The summed E-state index contributed by atoms with van der Waals surface area (Å²) in [5, 5.41) is 3.68. The van der Waals surface area contributed by atoms with Crippen LogP contribution < -0.4 is 16.2 Å². The van der Waals surface area contributed by atoms with Gasteiger partial charge in [0, 0.05) is 12.1 Å². The Hall–Kier alpha value is -1.95. The normalized spacial score (nSPS) is 23.7. The predicted molar refractivity (Wildman–Crippen MR) is 98.4 cm³/mol. The van der Waals surface area contributed by atoms with Crippen LogP contribution in [0.5, 0.6) is 0 Å². The zero-order valence-corrected chi connectivity index (χ0v) is 14.8. The van der Waals surface area contributed by atoms with E-state index in [9.17, 15) is 9.18 Å². The molecule has 1 aliphatic carbocycles. The van der Waals surface area contributed by atoms with Crippen LogP contribution in [-0.2, 0) is 4.79 Å². The van der Waals surface area contributed by atoms with E-state index < -0.39 is 0 Å². The van der Waals surface area contributed by atoms with Gasteiger partial charge in [0.1, 0.15) is 5.82 Å². The van der Waals surface area contributed by atoms with E-state index in [0.717, 1.165) is 6.42 Å². The average Bonchev–Trinajstić information content (AvgIpc) is 2.55. The van der Waals surface area contributed by atoms with Crippen LogP contribution in [0.2, 0.25) is 0 Å². The van der Waals surface area contributed by atoms with E-state index in [1.807, 2.05) is 0 Å². The number of rotatable bonds is 3. The predicted octanol–water partition coefficient (Wildman–Crippen LogP) is 3.16. The molecule has 0 aliphatic heterocycles. The Balaban J connectivity index is 1.76. The van der Waals surface area contributed by atoms with Gasteiger partial charge in [0.25, 0.3) is 5.91 Å². The number of halogens is 1. The summed E-state index contributed by atoms with van der Waals surface area (Å²) in [6.07, 6.45) is 6.40. The summed E-state index contributed by atoms with van der Waals surface area (Å²) < 4.78 is 13.1. The van der Waals surface area contributed by atoms with Crippen LogP contribution in [0.4, 0.5) is 4.39 Å². The fraction of sp³-hybridized carbons (Fsp3) is 0.444. The molecular formula is C18H24FN3OS. The van der Waals surface area contributed by atoms with Gasteiger partial charge in [-0.15, -0.1) is 0 Å². The van der Waals surface area contributed by atoms with Gasteiger partial charge in [-0.3, -0.25) is 15.6 Å². The van der Waals surface area contributed by atoms with Crippen LogP contribution in [-0.4, -0.2) is 17.1 Å². The number of carbonyl (C=O) groups is 1. The lowest BCUT2D eigenvalue weighted by Crippen LogP contribution is -2.52. The smallest absolute Gasteiger partial charge is 0.262 e. The average molecular weight is 349 g/mol. The van der Waals surface area contributed by atoms with E-state index in [1.54, 1.807) is 18.2 Å². The molecule has 1 aromatic carbocycles. The van der Waals surface area contributed by atoms with Gasteiger partial charge in [-0.2, -0.15) is 0 Å². The van der Waals surface area contributed by atoms with Gasteiger partial charge >= 0.3 is 0 Å². The highest BCUT2D eigenvalue weighted by atomic mass is 32.1. The molecule has 3 N–H and O–H groups in total. The zero-order valence-electron chi connectivity index (χ0n) is 14.0. The number of nitrogens with one attached hydrogen (secondary N) is 3. The van der Waals surface area contributed by atoms with E-state index >= 15 is 0 Å². The molecule has 1 saturated carbocycles. The second kappa shape index (κ2) is 8.78. The Labute approximate surface area is 147 Å². The summed E-state index contributed by atoms with van der Waals surface area (Å²) in [5.74, 6) is 0.523. The third kappa shape index (κ3) is 5.60.